The molecule has 1 unspecified atom stereocenters. The lowest BCUT2D eigenvalue weighted by molar-refractivity contribution is -0.148. The highest BCUT2D eigenvalue weighted by molar-refractivity contribution is 5.83. The van der Waals surface area contributed by atoms with Crippen molar-refractivity contribution in [3.05, 3.63) is 0 Å². The smallest absolute Gasteiger partial charge is 0.241 e. The van der Waals surface area contributed by atoms with Gasteiger partial charge in [0.15, 0.2) is 0 Å². The average Bonchev–Trinajstić information content (AvgIpc) is 2.93. The van der Waals surface area contributed by atoms with Crippen molar-refractivity contribution in [2.24, 2.45) is 5.73 Å². The Morgan fingerprint density at radius 2 is 2.07 bits per heavy atom. The van der Waals surface area contributed by atoms with Crippen molar-refractivity contribution in [1.29, 1.82) is 0 Å². The molecule has 0 aromatic carbocycles. The Morgan fingerprint density at radius 3 is 2.53 bits per heavy atom. The molecule has 0 aromatic heterocycles. The van der Waals surface area contributed by atoms with Crippen molar-refractivity contribution >= 4 is 5.91 Å². The van der Waals surface area contributed by atoms with Crippen molar-refractivity contribution in [2.75, 3.05) is 20.1 Å². The van der Waals surface area contributed by atoms with E-state index in [1.165, 1.54) is 12.8 Å². The fourth-order valence-electron chi connectivity index (χ4n) is 2.85. The number of carbonyl (C=O) groups is 1. The zero-order valence-electron chi connectivity index (χ0n) is 9.86. The van der Waals surface area contributed by atoms with E-state index in [4.69, 9.17) is 5.73 Å². The summed E-state index contributed by atoms with van der Waals surface area (Å²) in [6, 6.07) is 0.484. The molecule has 1 heterocycles. The topological polar surface area (TPSA) is 49.6 Å². The minimum absolute atomic E-state index is 0.0634. The maximum Gasteiger partial charge on any atom is 0.241 e. The van der Waals surface area contributed by atoms with Gasteiger partial charge in [-0.15, -0.1) is 0 Å². The third kappa shape index (κ3) is 1.76. The molecule has 1 saturated heterocycles. The molecular formula is C11H21N3O. The van der Waals surface area contributed by atoms with E-state index in [1.807, 2.05) is 11.9 Å². The Kier molecular flexibility index (Phi) is 2.51. The summed E-state index contributed by atoms with van der Waals surface area (Å²) in [5, 5.41) is 0. The first-order valence-electron chi connectivity index (χ1n) is 5.71. The van der Waals surface area contributed by atoms with Crippen LogP contribution in [0, 0.1) is 0 Å². The quantitative estimate of drug-likeness (QED) is 0.701. The lowest BCUT2D eigenvalue weighted by Gasteiger charge is -2.50. The summed E-state index contributed by atoms with van der Waals surface area (Å²) in [4.78, 5) is 16.1. The van der Waals surface area contributed by atoms with Gasteiger partial charge in [-0.25, -0.2) is 0 Å². The summed E-state index contributed by atoms with van der Waals surface area (Å²) < 4.78 is 0. The third-order valence-corrected chi connectivity index (χ3v) is 3.48. The largest absolute Gasteiger partial charge is 0.343 e. The maximum absolute atomic E-state index is 12.0. The summed E-state index contributed by atoms with van der Waals surface area (Å²) in [6.45, 7) is 5.65. The van der Waals surface area contributed by atoms with Gasteiger partial charge in [-0.3, -0.25) is 9.69 Å². The Labute approximate surface area is 91.4 Å². The van der Waals surface area contributed by atoms with Crippen LogP contribution >= 0.6 is 0 Å². The minimum Gasteiger partial charge on any atom is -0.343 e. The van der Waals surface area contributed by atoms with E-state index in [-0.39, 0.29) is 17.5 Å². The van der Waals surface area contributed by atoms with Gasteiger partial charge >= 0.3 is 0 Å². The lowest BCUT2D eigenvalue weighted by Crippen LogP contribution is -2.68. The predicted octanol–water partition coefficient (Wildman–Crippen LogP) is 0.0287. The highest BCUT2D eigenvalue weighted by atomic mass is 16.2. The van der Waals surface area contributed by atoms with Crippen LogP contribution < -0.4 is 5.73 Å². The number of nitrogens with two attached hydrogens (primary N) is 1. The number of hydrogen-bond donors (Lipinski definition) is 1. The van der Waals surface area contributed by atoms with Crippen LogP contribution in [0.2, 0.25) is 0 Å². The van der Waals surface area contributed by atoms with E-state index in [0.717, 1.165) is 6.54 Å². The minimum atomic E-state index is -0.105. The van der Waals surface area contributed by atoms with Gasteiger partial charge in [0.2, 0.25) is 5.91 Å². The highest BCUT2D eigenvalue weighted by Gasteiger charge is 2.49. The molecule has 2 rings (SSSR count). The van der Waals surface area contributed by atoms with Crippen LogP contribution in [0.25, 0.3) is 0 Å². The molecule has 0 bridgehead atoms. The van der Waals surface area contributed by atoms with E-state index in [1.54, 1.807) is 0 Å². The molecule has 1 aliphatic heterocycles. The van der Waals surface area contributed by atoms with Gasteiger partial charge in [-0.2, -0.15) is 0 Å². The molecule has 0 radical (unpaired) electrons. The van der Waals surface area contributed by atoms with Gasteiger partial charge < -0.3 is 10.6 Å². The summed E-state index contributed by atoms with van der Waals surface area (Å²) in [6.07, 6.45) is 2.44. The number of likely N-dealkylation sites (N-methyl/N-ethyl adjacent to an activating group) is 1. The van der Waals surface area contributed by atoms with Crippen LogP contribution in [0.3, 0.4) is 0 Å². The normalized spacial score (nSPS) is 32.1. The molecule has 86 valence electrons. The summed E-state index contributed by atoms with van der Waals surface area (Å²) in [5.74, 6) is 0.184. The Bertz CT molecular complexity index is 273. The lowest BCUT2D eigenvalue weighted by atomic mass is 9.94. The van der Waals surface area contributed by atoms with E-state index >= 15 is 0 Å². The summed E-state index contributed by atoms with van der Waals surface area (Å²) >= 11 is 0. The zero-order valence-corrected chi connectivity index (χ0v) is 9.86. The molecule has 2 N–H and O–H groups in total. The van der Waals surface area contributed by atoms with Gasteiger partial charge in [0, 0.05) is 31.7 Å². The first kappa shape index (κ1) is 10.9. The Balaban J connectivity index is 2.25. The highest BCUT2D eigenvalue weighted by Crippen LogP contribution is 2.37. The first-order valence-corrected chi connectivity index (χ1v) is 5.71. The van der Waals surface area contributed by atoms with Gasteiger partial charge in [-0.1, -0.05) is 0 Å². The molecule has 4 nitrogen and oxygen atoms in total. The van der Waals surface area contributed by atoms with Crippen LogP contribution in [0.4, 0.5) is 0 Å². The van der Waals surface area contributed by atoms with Crippen LogP contribution in [0.1, 0.15) is 26.7 Å². The second-order valence-corrected chi connectivity index (χ2v) is 5.40. The number of hydrogen-bond acceptors (Lipinski definition) is 3. The van der Waals surface area contributed by atoms with Crippen LogP contribution in [0.5, 0.6) is 0 Å². The van der Waals surface area contributed by atoms with Gasteiger partial charge in [-0.05, 0) is 26.7 Å². The fourth-order valence-corrected chi connectivity index (χ4v) is 2.85. The molecule has 1 atom stereocenters. The van der Waals surface area contributed by atoms with Crippen molar-refractivity contribution in [1.82, 2.24) is 9.80 Å². The molecule has 1 saturated carbocycles. The number of carbonyl (C=O) groups excluding carboxylic acids is 1. The number of amides is 1. The number of piperazine rings is 1. The SMILES string of the molecule is CN1CC(C)(C)N(C2CC2)C(CN)C1=O. The second kappa shape index (κ2) is 3.46. The van der Waals surface area contributed by atoms with Crippen LogP contribution in [-0.2, 0) is 4.79 Å². The van der Waals surface area contributed by atoms with Crippen LogP contribution in [0.15, 0.2) is 0 Å². The van der Waals surface area contributed by atoms with Crippen molar-refractivity contribution in [2.45, 2.75) is 44.3 Å². The molecule has 15 heavy (non-hydrogen) atoms. The predicted molar refractivity (Wildman–Crippen MR) is 59.4 cm³/mol. The molecule has 2 fully saturated rings. The monoisotopic (exact) mass is 211 g/mol. The summed E-state index contributed by atoms with van der Waals surface area (Å²) in [7, 11) is 1.87. The fraction of sp³-hybridized carbons (Fsp3) is 0.909. The van der Waals surface area contributed by atoms with E-state index in [2.05, 4.69) is 18.7 Å². The molecule has 2 aliphatic rings. The zero-order chi connectivity index (χ0) is 11.2. The first-order chi connectivity index (χ1) is 6.97. The maximum atomic E-state index is 12.0. The van der Waals surface area contributed by atoms with Gasteiger partial charge in [0.05, 0.1) is 0 Å². The third-order valence-electron chi connectivity index (χ3n) is 3.48. The van der Waals surface area contributed by atoms with E-state index < -0.39 is 0 Å². The molecule has 0 spiro atoms. The molecule has 0 aromatic rings. The second-order valence-electron chi connectivity index (χ2n) is 5.40. The van der Waals surface area contributed by atoms with Crippen LogP contribution in [-0.4, -0.2) is 53.5 Å². The van der Waals surface area contributed by atoms with Crippen molar-refractivity contribution < 1.29 is 4.79 Å². The molecule has 1 aliphatic carbocycles. The Hall–Kier alpha value is -0.610. The molecule has 1 amide bonds. The van der Waals surface area contributed by atoms with Crippen molar-refractivity contribution in [3.8, 4) is 0 Å². The van der Waals surface area contributed by atoms with E-state index in [9.17, 15) is 4.79 Å². The molecule has 4 heteroatoms. The van der Waals surface area contributed by atoms with Crippen molar-refractivity contribution in [3.63, 3.8) is 0 Å². The Morgan fingerprint density at radius 1 is 1.47 bits per heavy atom. The number of rotatable bonds is 2. The van der Waals surface area contributed by atoms with Gasteiger partial charge in [0.25, 0.3) is 0 Å². The summed E-state index contributed by atoms with van der Waals surface area (Å²) in [5.41, 5.74) is 5.81. The van der Waals surface area contributed by atoms with Gasteiger partial charge in [0.1, 0.15) is 6.04 Å². The number of nitrogens with zero attached hydrogens (tertiary/aromatic N) is 2. The molecular weight excluding hydrogens is 190 g/mol. The average molecular weight is 211 g/mol. The van der Waals surface area contributed by atoms with E-state index in [0.29, 0.717) is 12.6 Å². The standard InChI is InChI=1S/C11H21N3O/c1-11(2)7-13(3)10(15)9(6-12)14(11)8-4-5-8/h8-9H,4-7,12H2,1-3H3.